The molecule has 22 heavy (non-hydrogen) atoms. The highest BCUT2D eigenvalue weighted by molar-refractivity contribution is 7.10. The molecule has 0 unspecified atom stereocenters. The third-order valence-electron chi connectivity index (χ3n) is 3.04. The highest BCUT2D eigenvalue weighted by atomic mass is 32.1. The van der Waals surface area contributed by atoms with Crippen LogP contribution >= 0.6 is 11.3 Å². The van der Waals surface area contributed by atoms with Crippen LogP contribution in [0.5, 0.6) is 0 Å². The summed E-state index contributed by atoms with van der Waals surface area (Å²) in [5, 5.41) is 10.5. The molecule has 0 bridgehead atoms. The highest BCUT2D eigenvalue weighted by Crippen LogP contribution is 2.25. The van der Waals surface area contributed by atoms with E-state index < -0.39 is 17.3 Å². The quantitative estimate of drug-likeness (QED) is 0.700. The van der Waals surface area contributed by atoms with E-state index in [0.717, 1.165) is 4.88 Å². The number of hydrogen-bond acceptors (Lipinski definition) is 4. The normalized spacial score (nSPS) is 11.3. The van der Waals surface area contributed by atoms with E-state index in [1.165, 1.54) is 11.3 Å². The number of hydrogen-bond donors (Lipinski definition) is 3. The van der Waals surface area contributed by atoms with E-state index in [2.05, 4.69) is 10.9 Å². The molecule has 0 atom stereocenters. The molecule has 0 aliphatic rings. The number of thiophene rings is 1. The van der Waals surface area contributed by atoms with Crippen molar-refractivity contribution in [1.29, 1.82) is 0 Å². The fourth-order valence-corrected chi connectivity index (χ4v) is 2.83. The summed E-state index contributed by atoms with van der Waals surface area (Å²) in [6, 6.07) is 1.80. The number of carbonyl (C=O) groups excluding carboxylic acids is 2. The van der Waals surface area contributed by atoms with Crippen LogP contribution in [-0.2, 0) is 9.59 Å². The van der Waals surface area contributed by atoms with E-state index in [4.69, 9.17) is 5.11 Å². The molecule has 7 heteroatoms. The van der Waals surface area contributed by atoms with Crippen LogP contribution in [-0.4, -0.2) is 22.9 Å². The monoisotopic (exact) mass is 326 g/mol. The van der Waals surface area contributed by atoms with Crippen molar-refractivity contribution in [3.05, 3.63) is 21.9 Å². The minimum absolute atomic E-state index is 0.0143. The third kappa shape index (κ3) is 5.85. The van der Waals surface area contributed by atoms with Gasteiger partial charge in [0.1, 0.15) is 0 Å². The predicted molar refractivity (Wildman–Crippen MR) is 84.7 cm³/mol. The Balaban J connectivity index is 2.49. The summed E-state index contributed by atoms with van der Waals surface area (Å²) in [7, 11) is 0. The lowest BCUT2D eigenvalue weighted by molar-refractivity contribution is -0.139. The SMILES string of the molecule is CC(C)c1cc(C(=O)NNC(=O)CC(C)(C)CC(=O)O)cs1. The molecule has 122 valence electrons. The largest absolute Gasteiger partial charge is 0.481 e. The fraction of sp³-hybridized carbons (Fsp3) is 0.533. The Hall–Kier alpha value is -1.89. The summed E-state index contributed by atoms with van der Waals surface area (Å²) in [4.78, 5) is 35.5. The number of nitrogens with one attached hydrogen (secondary N) is 2. The third-order valence-corrected chi connectivity index (χ3v) is 4.27. The van der Waals surface area contributed by atoms with Gasteiger partial charge in [0, 0.05) is 16.7 Å². The first-order chi connectivity index (χ1) is 10.1. The molecule has 0 saturated heterocycles. The van der Waals surface area contributed by atoms with E-state index in [-0.39, 0.29) is 18.7 Å². The second kappa shape index (κ2) is 7.40. The first-order valence-corrected chi connectivity index (χ1v) is 7.88. The molecule has 0 aliphatic heterocycles. The van der Waals surface area contributed by atoms with Crippen molar-refractivity contribution in [3.8, 4) is 0 Å². The van der Waals surface area contributed by atoms with Crippen molar-refractivity contribution >= 4 is 29.1 Å². The van der Waals surface area contributed by atoms with Crippen LogP contribution in [0.1, 0.15) is 61.7 Å². The minimum atomic E-state index is -0.957. The second-order valence-corrected chi connectivity index (χ2v) is 7.25. The number of rotatable bonds is 6. The van der Waals surface area contributed by atoms with Crippen molar-refractivity contribution in [2.45, 2.75) is 46.5 Å². The molecule has 3 N–H and O–H groups in total. The van der Waals surface area contributed by atoms with Gasteiger partial charge < -0.3 is 5.11 Å². The summed E-state index contributed by atoms with van der Waals surface area (Å²) in [6.07, 6.45) is -0.100. The average molecular weight is 326 g/mol. The minimum Gasteiger partial charge on any atom is -0.481 e. The first kappa shape index (κ1) is 18.2. The molecule has 1 heterocycles. The lowest BCUT2D eigenvalue weighted by Gasteiger charge is -2.21. The molecule has 1 aromatic rings. The lowest BCUT2D eigenvalue weighted by Crippen LogP contribution is -2.43. The van der Waals surface area contributed by atoms with Crippen molar-refractivity contribution in [2.24, 2.45) is 5.41 Å². The fourth-order valence-electron chi connectivity index (χ4n) is 1.92. The van der Waals surface area contributed by atoms with Gasteiger partial charge in [0.15, 0.2) is 0 Å². The Labute approximate surface area is 133 Å². The van der Waals surface area contributed by atoms with E-state index in [9.17, 15) is 14.4 Å². The molecule has 6 nitrogen and oxygen atoms in total. The number of aliphatic carboxylic acids is 1. The summed E-state index contributed by atoms with van der Waals surface area (Å²) in [5.74, 6) is -1.41. The van der Waals surface area contributed by atoms with Gasteiger partial charge in [-0.3, -0.25) is 25.2 Å². The molecule has 2 amide bonds. The van der Waals surface area contributed by atoms with E-state index in [1.807, 2.05) is 13.8 Å². The second-order valence-electron chi connectivity index (χ2n) is 6.31. The van der Waals surface area contributed by atoms with Crippen molar-refractivity contribution < 1.29 is 19.5 Å². The highest BCUT2D eigenvalue weighted by Gasteiger charge is 2.25. The van der Waals surface area contributed by atoms with Gasteiger partial charge in [0.2, 0.25) is 5.91 Å². The van der Waals surface area contributed by atoms with Gasteiger partial charge in [0.25, 0.3) is 5.91 Å². The predicted octanol–water partition coefficient (Wildman–Crippen LogP) is 2.52. The van der Waals surface area contributed by atoms with E-state index >= 15 is 0 Å². The number of carboxylic acid groups (broad SMARTS) is 1. The molecular formula is C15H22N2O4S. The zero-order valence-electron chi connectivity index (χ0n) is 13.2. The van der Waals surface area contributed by atoms with Gasteiger partial charge in [-0.1, -0.05) is 27.7 Å². The molecule has 1 rings (SSSR count). The van der Waals surface area contributed by atoms with Gasteiger partial charge in [-0.25, -0.2) is 0 Å². The molecular weight excluding hydrogens is 304 g/mol. The summed E-state index contributed by atoms with van der Waals surface area (Å²) in [5.41, 5.74) is 4.50. The van der Waals surface area contributed by atoms with Crippen LogP contribution < -0.4 is 10.9 Å². The van der Waals surface area contributed by atoms with Crippen LogP contribution in [0.4, 0.5) is 0 Å². The summed E-state index contributed by atoms with van der Waals surface area (Å²) >= 11 is 1.50. The van der Waals surface area contributed by atoms with Gasteiger partial charge >= 0.3 is 5.97 Å². The van der Waals surface area contributed by atoms with Gasteiger partial charge in [0.05, 0.1) is 12.0 Å². The first-order valence-electron chi connectivity index (χ1n) is 7.00. The maximum atomic E-state index is 11.9. The smallest absolute Gasteiger partial charge is 0.303 e. The summed E-state index contributed by atoms with van der Waals surface area (Å²) < 4.78 is 0. The molecule has 0 aromatic carbocycles. The molecule has 1 aromatic heterocycles. The standard InChI is InChI=1S/C15H22N2O4S/c1-9(2)11-5-10(8-22-11)14(21)17-16-12(18)6-15(3,4)7-13(19)20/h5,8-9H,6-7H2,1-4H3,(H,16,18)(H,17,21)(H,19,20). The number of carboxylic acids is 1. The maximum absolute atomic E-state index is 11.9. The number of amides is 2. The van der Waals surface area contributed by atoms with Crippen LogP contribution in [0.15, 0.2) is 11.4 Å². The van der Waals surface area contributed by atoms with Gasteiger partial charge in [-0.05, 0) is 17.4 Å². The molecule has 0 aliphatic carbocycles. The summed E-state index contributed by atoms with van der Waals surface area (Å²) in [6.45, 7) is 7.46. The zero-order chi connectivity index (χ0) is 16.9. The average Bonchev–Trinajstić information content (AvgIpc) is 2.83. The zero-order valence-corrected chi connectivity index (χ0v) is 14.0. The molecule has 0 spiro atoms. The lowest BCUT2D eigenvalue weighted by atomic mass is 9.85. The topological polar surface area (TPSA) is 95.5 Å². The Morgan fingerprint density at radius 3 is 2.36 bits per heavy atom. The Kier molecular flexibility index (Phi) is 6.11. The van der Waals surface area contributed by atoms with E-state index in [0.29, 0.717) is 11.5 Å². The van der Waals surface area contributed by atoms with Crippen molar-refractivity contribution in [2.75, 3.05) is 0 Å². The van der Waals surface area contributed by atoms with Crippen LogP contribution in [0.3, 0.4) is 0 Å². The van der Waals surface area contributed by atoms with Gasteiger partial charge in [-0.2, -0.15) is 0 Å². The molecule has 0 radical (unpaired) electrons. The maximum Gasteiger partial charge on any atom is 0.303 e. The van der Waals surface area contributed by atoms with Crippen LogP contribution in [0.2, 0.25) is 0 Å². The van der Waals surface area contributed by atoms with Crippen molar-refractivity contribution in [3.63, 3.8) is 0 Å². The molecule has 0 saturated carbocycles. The van der Waals surface area contributed by atoms with Crippen molar-refractivity contribution in [1.82, 2.24) is 10.9 Å². The van der Waals surface area contributed by atoms with Gasteiger partial charge in [-0.15, -0.1) is 11.3 Å². The Morgan fingerprint density at radius 2 is 1.86 bits per heavy atom. The molecule has 0 fully saturated rings. The van der Waals surface area contributed by atoms with Crippen LogP contribution in [0.25, 0.3) is 0 Å². The van der Waals surface area contributed by atoms with Crippen LogP contribution in [0, 0.1) is 5.41 Å². The number of hydrazine groups is 1. The van der Waals surface area contributed by atoms with E-state index in [1.54, 1.807) is 25.3 Å². The Morgan fingerprint density at radius 1 is 1.23 bits per heavy atom. The Bertz CT molecular complexity index is 564. The number of carbonyl (C=O) groups is 3.